The summed E-state index contributed by atoms with van der Waals surface area (Å²) in [4.78, 5) is 2.77. The van der Waals surface area contributed by atoms with Crippen molar-refractivity contribution in [1.82, 2.24) is 4.90 Å². The van der Waals surface area contributed by atoms with Crippen LogP contribution < -0.4 is 4.74 Å². The van der Waals surface area contributed by atoms with E-state index in [0.29, 0.717) is 17.4 Å². The number of piperidine rings is 1. The third kappa shape index (κ3) is 2.47. The highest BCUT2D eigenvalue weighted by Gasteiger charge is 2.84. The van der Waals surface area contributed by atoms with Gasteiger partial charge >= 0.3 is 0 Å². The van der Waals surface area contributed by atoms with Crippen LogP contribution in [0.25, 0.3) is 0 Å². The highest BCUT2D eigenvalue weighted by atomic mass is 19.1. The lowest BCUT2D eigenvalue weighted by atomic mass is 9.31. The van der Waals surface area contributed by atoms with Gasteiger partial charge in [-0.3, -0.25) is 4.90 Å². The van der Waals surface area contributed by atoms with Crippen molar-refractivity contribution in [3.63, 3.8) is 0 Å². The van der Waals surface area contributed by atoms with E-state index in [1.807, 2.05) is 0 Å². The average molecular weight is 506 g/mol. The van der Waals surface area contributed by atoms with Crippen LogP contribution in [0.4, 0.5) is 4.39 Å². The number of rotatable bonds is 5. The Morgan fingerprint density at radius 1 is 1.14 bits per heavy atom. The highest BCUT2D eigenvalue weighted by Crippen LogP contribution is 2.80. The van der Waals surface area contributed by atoms with Crippen molar-refractivity contribution in [3.8, 4) is 11.5 Å². The molecule has 4 saturated carbocycles. The molecule has 0 unspecified atom stereocenters. The van der Waals surface area contributed by atoms with E-state index >= 15 is 0 Å². The summed E-state index contributed by atoms with van der Waals surface area (Å²) in [7, 11) is 1.76. The summed E-state index contributed by atoms with van der Waals surface area (Å²) >= 11 is 0. The second-order valence-corrected chi connectivity index (χ2v) is 13.1. The molecule has 5 fully saturated rings. The lowest BCUT2D eigenvalue weighted by Gasteiger charge is -2.76. The molecule has 7 aliphatic rings. The Kier molecular flexibility index (Phi) is 4.36. The quantitative estimate of drug-likeness (QED) is 0.607. The van der Waals surface area contributed by atoms with Crippen molar-refractivity contribution in [2.75, 3.05) is 20.2 Å². The molecule has 37 heavy (non-hydrogen) atoms. The molecule has 5 aliphatic carbocycles. The van der Waals surface area contributed by atoms with Crippen LogP contribution in [0.1, 0.15) is 68.2 Å². The predicted octanol–water partition coefficient (Wildman–Crippen LogP) is 4.88. The standard InChI is InChI=1S/C31H36FNO4/c1-28(26(35)19-5-8-21(32)9-6-19)17-29-11-12-31(28,36-2)27-30(29)13-14-33(16-18-3-4-18)23(29)15-20-7-10-22(34)25(37-27)24(20)30/h5-10,18,23,26-27,34-35H,3-4,11-17H2,1-2H3/t23-,26-,27-,28-,29-,30+,31+/m1/s1. The van der Waals surface area contributed by atoms with E-state index < -0.39 is 17.1 Å². The van der Waals surface area contributed by atoms with E-state index in [1.54, 1.807) is 25.3 Å². The number of halogens is 1. The van der Waals surface area contributed by atoms with Gasteiger partial charge in [0.2, 0.25) is 0 Å². The molecule has 6 heteroatoms. The number of likely N-dealkylation sites (tertiary alicyclic amines) is 1. The zero-order chi connectivity index (χ0) is 25.4. The maximum atomic E-state index is 13.8. The van der Waals surface area contributed by atoms with Crippen LogP contribution in [0, 0.1) is 22.6 Å². The smallest absolute Gasteiger partial charge is 0.165 e. The number of nitrogens with zero attached hydrogens (tertiary/aromatic N) is 1. The number of aliphatic hydroxyl groups is 1. The molecule has 2 N–H and O–H groups in total. The maximum Gasteiger partial charge on any atom is 0.165 e. The molecule has 9 rings (SSSR count). The van der Waals surface area contributed by atoms with Gasteiger partial charge in [0.1, 0.15) is 17.5 Å². The third-order valence-electron chi connectivity index (χ3n) is 11.9. The third-order valence-corrected chi connectivity index (χ3v) is 11.9. The van der Waals surface area contributed by atoms with Gasteiger partial charge in [0, 0.05) is 41.5 Å². The van der Waals surface area contributed by atoms with E-state index in [2.05, 4.69) is 17.9 Å². The molecule has 0 radical (unpaired) electrons. The summed E-state index contributed by atoms with van der Waals surface area (Å²) in [6, 6.07) is 10.6. The fourth-order valence-corrected chi connectivity index (χ4v) is 10.2. The summed E-state index contributed by atoms with van der Waals surface area (Å²) in [6.07, 6.45) is 6.10. The molecular formula is C31H36FNO4. The summed E-state index contributed by atoms with van der Waals surface area (Å²) < 4.78 is 27.3. The topological polar surface area (TPSA) is 62.2 Å². The number of benzene rings is 2. The Morgan fingerprint density at radius 2 is 1.92 bits per heavy atom. The van der Waals surface area contributed by atoms with Crippen LogP contribution >= 0.6 is 0 Å². The number of methoxy groups -OCH3 is 1. The molecule has 7 atom stereocenters. The Balaban J connectivity index is 1.35. The van der Waals surface area contributed by atoms with E-state index in [-0.39, 0.29) is 28.5 Å². The van der Waals surface area contributed by atoms with Crippen molar-refractivity contribution >= 4 is 0 Å². The molecule has 0 aromatic heterocycles. The van der Waals surface area contributed by atoms with Crippen molar-refractivity contribution in [2.24, 2.45) is 16.7 Å². The molecule has 2 aromatic carbocycles. The first-order valence-corrected chi connectivity index (χ1v) is 14.0. The fraction of sp³-hybridized carbons (Fsp3) is 0.613. The monoisotopic (exact) mass is 505 g/mol. The Bertz CT molecular complexity index is 1290. The van der Waals surface area contributed by atoms with E-state index in [9.17, 15) is 14.6 Å². The molecule has 2 aliphatic heterocycles. The number of hydrogen-bond acceptors (Lipinski definition) is 5. The van der Waals surface area contributed by atoms with Crippen LogP contribution in [0.15, 0.2) is 36.4 Å². The van der Waals surface area contributed by atoms with Crippen molar-refractivity contribution in [1.29, 1.82) is 0 Å². The number of aromatic hydroxyl groups is 1. The minimum absolute atomic E-state index is 0.0904. The Morgan fingerprint density at radius 3 is 2.65 bits per heavy atom. The number of phenolic OH excluding ortho intramolecular Hbond substituents is 1. The Hall–Kier alpha value is -2.15. The molecule has 196 valence electrons. The van der Waals surface area contributed by atoms with Crippen LogP contribution in [-0.4, -0.2) is 53.1 Å². The fourth-order valence-electron chi connectivity index (χ4n) is 10.2. The number of fused-ring (bicyclic) bond motifs is 2. The van der Waals surface area contributed by atoms with Gasteiger partial charge in [-0.1, -0.05) is 25.1 Å². The van der Waals surface area contributed by atoms with Gasteiger partial charge in [0.15, 0.2) is 11.5 Å². The van der Waals surface area contributed by atoms with Gasteiger partial charge < -0.3 is 19.7 Å². The van der Waals surface area contributed by atoms with Crippen LogP contribution in [0.2, 0.25) is 0 Å². The number of hydrogen-bond donors (Lipinski definition) is 2. The largest absolute Gasteiger partial charge is 0.504 e. The van der Waals surface area contributed by atoms with Gasteiger partial charge in [-0.25, -0.2) is 4.39 Å². The van der Waals surface area contributed by atoms with Gasteiger partial charge in [-0.05, 0) is 86.7 Å². The number of phenols is 1. The minimum atomic E-state index is -0.831. The van der Waals surface area contributed by atoms with Crippen LogP contribution in [-0.2, 0) is 16.6 Å². The molecule has 2 aromatic rings. The molecular weight excluding hydrogens is 469 g/mol. The zero-order valence-corrected chi connectivity index (χ0v) is 21.7. The average Bonchev–Trinajstić information content (AvgIpc) is 3.64. The SMILES string of the molecule is CO[C@]12CC[C@@]3(C[C@]1(C)[C@H](O)c1ccc(F)cc1)[C@H]1Cc4ccc(O)c5c4[C@@]3(CCN1CC1CC1)[C@H]2O5. The maximum absolute atomic E-state index is 13.8. The van der Waals surface area contributed by atoms with Gasteiger partial charge in [-0.15, -0.1) is 0 Å². The molecule has 4 bridgehead atoms. The first-order valence-electron chi connectivity index (χ1n) is 14.0. The predicted molar refractivity (Wildman–Crippen MR) is 136 cm³/mol. The Labute approximate surface area is 217 Å². The number of ether oxygens (including phenoxy) is 2. The first kappa shape index (κ1) is 22.8. The zero-order valence-electron chi connectivity index (χ0n) is 21.7. The van der Waals surface area contributed by atoms with E-state index in [0.717, 1.165) is 51.1 Å². The summed E-state index contributed by atoms with van der Waals surface area (Å²) in [6.45, 7) is 4.36. The van der Waals surface area contributed by atoms with Crippen molar-refractivity contribution < 1.29 is 24.1 Å². The van der Waals surface area contributed by atoms with Crippen LogP contribution in [0.3, 0.4) is 0 Å². The minimum Gasteiger partial charge on any atom is -0.504 e. The van der Waals surface area contributed by atoms with Gasteiger partial charge in [0.05, 0.1) is 6.10 Å². The summed E-state index contributed by atoms with van der Waals surface area (Å²) in [5.41, 5.74) is 1.52. The van der Waals surface area contributed by atoms with Gasteiger partial charge in [0.25, 0.3) is 0 Å². The van der Waals surface area contributed by atoms with E-state index in [1.165, 1.54) is 36.1 Å². The van der Waals surface area contributed by atoms with Crippen LogP contribution in [0.5, 0.6) is 11.5 Å². The molecule has 2 heterocycles. The molecule has 0 amide bonds. The number of aliphatic hydroxyl groups excluding tert-OH is 1. The van der Waals surface area contributed by atoms with Crippen molar-refractivity contribution in [2.45, 2.75) is 81.1 Å². The molecule has 2 spiro atoms. The molecule has 5 nitrogen and oxygen atoms in total. The molecule has 1 saturated heterocycles. The second kappa shape index (κ2) is 7.08. The second-order valence-electron chi connectivity index (χ2n) is 13.1. The van der Waals surface area contributed by atoms with E-state index in [4.69, 9.17) is 9.47 Å². The highest BCUT2D eigenvalue weighted by molar-refractivity contribution is 5.63. The lowest BCUT2D eigenvalue weighted by molar-refractivity contribution is -0.324. The summed E-state index contributed by atoms with van der Waals surface area (Å²) in [5.74, 6) is 1.35. The first-order chi connectivity index (χ1) is 17.8. The summed E-state index contributed by atoms with van der Waals surface area (Å²) in [5, 5.41) is 23.1. The normalized spacial score (nSPS) is 41.8. The van der Waals surface area contributed by atoms with Crippen molar-refractivity contribution in [3.05, 3.63) is 58.9 Å². The van der Waals surface area contributed by atoms with Gasteiger partial charge in [-0.2, -0.15) is 0 Å². The lowest BCUT2D eigenvalue weighted by Crippen LogP contribution is -2.83.